The summed E-state index contributed by atoms with van der Waals surface area (Å²) in [6.45, 7) is 1.42. The van der Waals surface area contributed by atoms with Gasteiger partial charge >= 0.3 is 7.82 Å². The van der Waals surface area contributed by atoms with Gasteiger partial charge in [-0.1, -0.05) is 11.6 Å². The Morgan fingerprint density at radius 3 is 2.27 bits per heavy atom. The topological polar surface area (TPSA) is 55.8 Å². The highest BCUT2D eigenvalue weighted by molar-refractivity contribution is 7.47. The lowest BCUT2D eigenvalue weighted by Crippen LogP contribution is -2.15. The normalized spacial score (nSPS) is 19.9. The standard InChI is InChI=1S/C6H11Cl4O4P/c1-4(7)6(10)14-15(11,12)13-3-2-5(8)9/h4-6H,2-3H2,1H3,(H,11,12). The third-order valence-corrected chi connectivity index (χ3v) is 3.57. The molecule has 0 fully saturated rings. The van der Waals surface area contributed by atoms with E-state index in [4.69, 9.17) is 51.3 Å². The number of hydrogen-bond donors (Lipinski definition) is 1. The molecule has 9 heteroatoms. The van der Waals surface area contributed by atoms with Crippen LogP contribution < -0.4 is 0 Å². The van der Waals surface area contributed by atoms with Crippen molar-refractivity contribution in [3.8, 4) is 0 Å². The highest BCUT2D eigenvalue weighted by atomic mass is 35.5. The quantitative estimate of drug-likeness (QED) is 0.576. The summed E-state index contributed by atoms with van der Waals surface area (Å²) in [5, 5.41) is -0.621. The van der Waals surface area contributed by atoms with E-state index in [1.54, 1.807) is 0 Å². The molecule has 0 bridgehead atoms. The first kappa shape index (κ1) is 16.3. The van der Waals surface area contributed by atoms with Crippen LogP contribution >= 0.6 is 54.2 Å². The molecule has 92 valence electrons. The minimum Gasteiger partial charge on any atom is -0.302 e. The van der Waals surface area contributed by atoms with Crippen LogP contribution in [0.5, 0.6) is 0 Å². The maximum atomic E-state index is 11.2. The molecule has 3 atom stereocenters. The molecule has 0 spiro atoms. The number of phosphoric acid groups is 1. The Hall–Kier alpha value is 1.27. The summed E-state index contributed by atoms with van der Waals surface area (Å²) < 4.78 is 20.2. The number of rotatable bonds is 7. The molecule has 0 aliphatic carbocycles. The van der Waals surface area contributed by atoms with Crippen molar-refractivity contribution in [1.82, 2.24) is 0 Å². The van der Waals surface area contributed by atoms with Gasteiger partial charge in [-0.15, -0.1) is 34.8 Å². The van der Waals surface area contributed by atoms with Crippen LogP contribution in [0.2, 0.25) is 0 Å². The van der Waals surface area contributed by atoms with Crippen molar-refractivity contribution in [3.63, 3.8) is 0 Å². The van der Waals surface area contributed by atoms with Gasteiger partial charge in [0.2, 0.25) is 0 Å². The Morgan fingerprint density at radius 2 is 1.87 bits per heavy atom. The van der Waals surface area contributed by atoms with Crippen LogP contribution in [0.25, 0.3) is 0 Å². The van der Waals surface area contributed by atoms with Crippen molar-refractivity contribution in [1.29, 1.82) is 0 Å². The molecule has 3 unspecified atom stereocenters. The van der Waals surface area contributed by atoms with Crippen molar-refractivity contribution in [3.05, 3.63) is 0 Å². The van der Waals surface area contributed by atoms with Crippen LogP contribution in [0.4, 0.5) is 0 Å². The molecule has 1 N–H and O–H groups in total. The maximum Gasteiger partial charge on any atom is 0.473 e. The van der Waals surface area contributed by atoms with Gasteiger partial charge in [0.1, 0.15) is 4.84 Å². The fraction of sp³-hybridized carbons (Fsp3) is 1.00. The first-order valence-electron chi connectivity index (χ1n) is 3.96. The predicted molar refractivity (Wildman–Crippen MR) is 61.9 cm³/mol. The zero-order chi connectivity index (χ0) is 12.1. The van der Waals surface area contributed by atoms with E-state index >= 15 is 0 Å². The summed E-state index contributed by atoms with van der Waals surface area (Å²) in [5.41, 5.74) is -1.11. The van der Waals surface area contributed by atoms with Gasteiger partial charge in [-0.25, -0.2) is 4.57 Å². The van der Waals surface area contributed by atoms with E-state index in [2.05, 4.69) is 9.05 Å². The second-order valence-electron chi connectivity index (χ2n) is 2.62. The molecule has 0 aliphatic rings. The molecule has 0 radical (unpaired) electrons. The van der Waals surface area contributed by atoms with Gasteiger partial charge in [0.25, 0.3) is 0 Å². The number of alkyl halides is 4. The minimum absolute atomic E-state index is 0.105. The predicted octanol–water partition coefficient (Wildman–Crippen LogP) is 3.51. The fourth-order valence-electron chi connectivity index (χ4n) is 0.499. The number of phosphoric ester groups is 1. The molecule has 0 saturated heterocycles. The molecule has 0 rings (SSSR count). The van der Waals surface area contributed by atoms with Crippen LogP contribution in [0.15, 0.2) is 0 Å². The molecule has 15 heavy (non-hydrogen) atoms. The van der Waals surface area contributed by atoms with Gasteiger partial charge in [-0.05, 0) is 6.92 Å². The maximum absolute atomic E-state index is 11.2. The van der Waals surface area contributed by atoms with Crippen molar-refractivity contribution >= 4 is 54.2 Å². The summed E-state index contributed by atoms with van der Waals surface area (Å²) in [6, 6.07) is 0. The first-order chi connectivity index (χ1) is 6.74. The van der Waals surface area contributed by atoms with Crippen LogP contribution in [-0.2, 0) is 13.6 Å². The van der Waals surface area contributed by atoms with E-state index in [9.17, 15) is 4.57 Å². The molecular formula is C6H11Cl4O4P. The highest BCUT2D eigenvalue weighted by Gasteiger charge is 2.27. The Kier molecular flexibility index (Phi) is 8.21. The zero-order valence-electron chi connectivity index (χ0n) is 7.78. The molecule has 0 amide bonds. The lowest BCUT2D eigenvalue weighted by molar-refractivity contribution is 0.136. The van der Waals surface area contributed by atoms with Crippen molar-refractivity contribution < 1.29 is 18.5 Å². The van der Waals surface area contributed by atoms with Crippen molar-refractivity contribution in [2.75, 3.05) is 6.61 Å². The van der Waals surface area contributed by atoms with Gasteiger partial charge in [0.05, 0.1) is 12.0 Å². The Morgan fingerprint density at radius 1 is 1.33 bits per heavy atom. The summed E-state index contributed by atoms with van der Waals surface area (Å²) in [7, 11) is -4.19. The summed E-state index contributed by atoms with van der Waals surface area (Å²) in [4.78, 5) is 8.47. The van der Waals surface area contributed by atoms with E-state index in [1.807, 2.05) is 0 Å². The monoisotopic (exact) mass is 318 g/mol. The fourth-order valence-corrected chi connectivity index (χ4v) is 1.94. The molecular weight excluding hydrogens is 309 g/mol. The van der Waals surface area contributed by atoms with E-state index in [0.29, 0.717) is 0 Å². The first-order valence-corrected chi connectivity index (χ1v) is 7.21. The van der Waals surface area contributed by atoms with E-state index in [1.165, 1.54) is 6.92 Å². The second kappa shape index (κ2) is 7.57. The second-order valence-corrected chi connectivity index (χ2v) is 6.42. The molecule has 4 nitrogen and oxygen atoms in total. The largest absolute Gasteiger partial charge is 0.473 e. The van der Waals surface area contributed by atoms with Crippen LogP contribution in [0, 0.1) is 0 Å². The van der Waals surface area contributed by atoms with Gasteiger partial charge in [0, 0.05) is 6.42 Å². The van der Waals surface area contributed by atoms with E-state index in [-0.39, 0.29) is 13.0 Å². The lowest BCUT2D eigenvalue weighted by atomic mass is 10.5. The molecule has 0 aliphatic heterocycles. The third-order valence-electron chi connectivity index (χ3n) is 1.19. The molecule has 0 aromatic heterocycles. The Bertz CT molecular complexity index is 225. The van der Waals surface area contributed by atoms with Gasteiger partial charge in [-0.2, -0.15) is 0 Å². The SMILES string of the molecule is CC(Cl)C(Cl)OP(=O)(O)OCCC(Cl)Cl. The summed E-state index contributed by atoms with van der Waals surface area (Å²) in [5.74, 6) is 0. The molecule has 0 aromatic rings. The Balaban J connectivity index is 3.91. The number of hydrogen-bond acceptors (Lipinski definition) is 3. The average molecular weight is 320 g/mol. The van der Waals surface area contributed by atoms with Crippen LogP contribution in [0.3, 0.4) is 0 Å². The number of halogens is 4. The van der Waals surface area contributed by atoms with Gasteiger partial charge in [0.15, 0.2) is 5.56 Å². The average Bonchev–Trinajstić information content (AvgIpc) is 2.01. The molecule has 0 heterocycles. The van der Waals surface area contributed by atoms with Crippen LogP contribution in [-0.4, -0.2) is 27.3 Å². The highest BCUT2D eigenvalue weighted by Crippen LogP contribution is 2.46. The van der Waals surface area contributed by atoms with Crippen LogP contribution in [0.1, 0.15) is 13.3 Å². The summed E-state index contributed by atoms with van der Waals surface area (Å²) in [6.07, 6.45) is 0.209. The van der Waals surface area contributed by atoms with Gasteiger partial charge in [-0.3, -0.25) is 9.05 Å². The van der Waals surface area contributed by atoms with E-state index in [0.717, 1.165) is 0 Å². The molecule has 0 aromatic carbocycles. The third kappa shape index (κ3) is 9.02. The zero-order valence-corrected chi connectivity index (χ0v) is 11.7. The van der Waals surface area contributed by atoms with Crippen molar-refractivity contribution in [2.45, 2.75) is 29.1 Å². The smallest absolute Gasteiger partial charge is 0.302 e. The lowest BCUT2D eigenvalue weighted by Gasteiger charge is -2.17. The Labute approximate surface area is 108 Å². The van der Waals surface area contributed by atoms with E-state index < -0.39 is 23.6 Å². The molecule has 0 saturated carbocycles. The van der Waals surface area contributed by atoms with Crippen molar-refractivity contribution in [2.24, 2.45) is 0 Å². The summed E-state index contributed by atoms with van der Waals surface area (Å²) >= 11 is 21.8. The minimum atomic E-state index is -4.19. The van der Waals surface area contributed by atoms with Gasteiger partial charge < -0.3 is 4.89 Å².